The van der Waals surface area contributed by atoms with Crippen LogP contribution in [0.1, 0.15) is 35.2 Å². The summed E-state index contributed by atoms with van der Waals surface area (Å²) in [5.41, 5.74) is 0.913. The summed E-state index contributed by atoms with van der Waals surface area (Å²) >= 11 is 0. The molecule has 0 bridgehead atoms. The van der Waals surface area contributed by atoms with Crippen molar-refractivity contribution in [3.63, 3.8) is 0 Å². The Hall–Kier alpha value is -1.29. The number of hydrogen-bond acceptors (Lipinski definition) is 3. The minimum Gasteiger partial charge on any atom is -0.475 e. The summed E-state index contributed by atoms with van der Waals surface area (Å²) in [7, 11) is 0. The van der Waals surface area contributed by atoms with Crippen LogP contribution in [0.2, 0.25) is 0 Å². The highest BCUT2D eigenvalue weighted by atomic mass is 16.4. The monoisotopic (exact) mass is 197 g/mol. The molecule has 0 radical (unpaired) electrons. The first-order valence-electron chi connectivity index (χ1n) is 4.68. The van der Waals surface area contributed by atoms with Crippen molar-refractivity contribution >= 4 is 5.97 Å². The van der Waals surface area contributed by atoms with E-state index < -0.39 is 5.97 Å². The van der Waals surface area contributed by atoms with Gasteiger partial charge in [0, 0.05) is 12.1 Å². The molecule has 0 aliphatic heterocycles. The third-order valence-corrected chi connectivity index (χ3v) is 1.97. The van der Waals surface area contributed by atoms with E-state index in [-0.39, 0.29) is 5.76 Å². The molecule has 0 aliphatic carbocycles. The molecule has 2 N–H and O–H groups in total. The van der Waals surface area contributed by atoms with Gasteiger partial charge in [0.1, 0.15) is 5.76 Å². The lowest BCUT2D eigenvalue weighted by molar-refractivity contribution is 0.0661. The van der Waals surface area contributed by atoms with Crippen LogP contribution in [0.15, 0.2) is 10.5 Å². The van der Waals surface area contributed by atoms with Crippen LogP contribution in [0, 0.1) is 6.92 Å². The Morgan fingerprint density at radius 3 is 2.86 bits per heavy atom. The maximum Gasteiger partial charge on any atom is 0.371 e. The van der Waals surface area contributed by atoms with Crippen LogP contribution in [0.5, 0.6) is 0 Å². The molecule has 78 valence electrons. The Balaban J connectivity index is 2.63. The fourth-order valence-corrected chi connectivity index (χ4v) is 1.20. The Kier molecular flexibility index (Phi) is 3.71. The van der Waals surface area contributed by atoms with E-state index in [2.05, 4.69) is 12.2 Å². The summed E-state index contributed by atoms with van der Waals surface area (Å²) in [4.78, 5) is 10.6. The summed E-state index contributed by atoms with van der Waals surface area (Å²) in [6, 6.07) is 1.57. The molecule has 1 rings (SSSR count). The molecular weight excluding hydrogens is 182 g/mol. The highest BCUT2D eigenvalue weighted by molar-refractivity contribution is 5.84. The van der Waals surface area contributed by atoms with Gasteiger partial charge in [-0.2, -0.15) is 0 Å². The molecule has 0 aliphatic rings. The van der Waals surface area contributed by atoms with Gasteiger partial charge in [-0.3, -0.25) is 0 Å². The van der Waals surface area contributed by atoms with Gasteiger partial charge in [0.15, 0.2) is 0 Å². The van der Waals surface area contributed by atoms with E-state index in [0.717, 1.165) is 18.5 Å². The molecule has 0 aromatic carbocycles. The van der Waals surface area contributed by atoms with Gasteiger partial charge in [-0.15, -0.1) is 0 Å². The zero-order chi connectivity index (χ0) is 10.6. The van der Waals surface area contributed by atoms with Gasteiger partial charge in [0.2, 0.25) is 5.76 Å². The van der Waals surface area contributed by atoms with Crippen molar-refractivity contribution in [1.82, 2.24) is 5.32 Å². The van der Waals surface area contributed by atoms with E-state index in [1.807, 2.05) is 0 Å². The largest absolute Gasteiger partial charge is 0.475 e. The Labute approximate surface area is 82.9 Å². The minimum atomic E-state index is -1.02. The highest BCUT2D eigenvalue weighted by Crippen LogP contribution is 2.14. The van der Waals surface area contributed by atoms with E-state index >= 15 is 0 Å². The van der Waals surface area contributed by atoms with Crippen LogP contribution >= 0.6 is 0 Å². The number of carboxylic acid groups (broad SMARTS) is 1. The lowest BCUT2D eigenvalue weighted by Crippen LogP contribution is -2.13. The molecule has 0 spiro atoms. The molecule has 0 unspecified atom stereocenters. The van der Waals surface area contributed by atoms with Gasteiger partial charge in [-0.1, -0.05) is 6.92 Å². The molecular formula is C10H15NO3. The maximum absolute atomic E-state index is 10.6. The predicted molar refractivity (Wildman–Crippen MR) is 52.4 cm³/mol. The van der Waals surface area contributed by atoms with Gasteiger partial charge in [0.05, 0.1) is 0 Å². The average Bonchev–Trinajstić information content (AvgIpc) is 2.49. The van der Waals surface area contributed by atoms with Crippen molar-refractivity contribution in [2.45, 2.75) is 26.8 Å². The summed E-state index contributed by atoms with van der Waals surface area (Å²) in [6.45, 7) is 5.44. The van der Waals surface area contributed by atoms with Gasteiger partial charge < -0.3 is 14.8 Å². The Morgan fingerprint density at radius 2 is 2.36 bits per heavy atom. The topological polar surface area (TPSA) is 62.5 Å². The van der Waals surface area contributed by atoms with Gasteiger partial charge in [-0.25, -0.2) is 4.79 Å². The van der Waals surface area contributed by atoms with Crippen LogP contribution in [0.3, 0.4) is 0 Å². The van der Waals surface area contributed by atoms with E-state index in [1.165, 1.54) is 0 Å². The predicted octanol–water partition coefficient (Wildman–Crippen LogP) is 1.79. The third-order valence-electron chi connectivity index (χ3n) is 1.97. The fourth-order valence-electron chi connectivity index (χ4n) is 1.20. The molecule has 1 heterocycles. The lowest BCUT2D eigenvalue weighted by atomic mass is 10.2. The second-order valence-corrected chi connectivity index (χ2v) is 3.17. The number of rotatable bonds is 5. The minimum absolute atomic E-state index is 0.01000. The summed E-state index contributed by atoms with van der Waals surface area (Å²) in [6.07, 6.45) is 1.06. The second kappa shape index (κ2) is 4.81. The first-order chi connectivity index (χ1) is 6.65. The fraction of sp³-hybridized carbons (Fsp3) is 0.500. The number of aryl methyl sites for hydroxylation is 1. The highest BCUT2D eigenvalue weighted by Gasteiger charge is 2.12. The van der Waals surface area contributed by atoms with Crippen LogP contribution in [-0.2, 0) is 6.54 Å². The quantitative estimate of drug-likeness (QED) is 0.706. The van der Waals surface area contributed by atoms with Crippen molar-refractivity contribution in [1.29, 1.82) is 0 Å². The molecule has 0 saturated carbocycles. The van der Waals surface area contributed by atoms with Crippen LogP contribution in [-0.4, -0.2) is 17.6 Å². The number of aromatic carboxylic acids is 1. The number of nitrogens with one attached hydrogen (secondary N) is 1. The van der Waals surface area contributed by atoms with E-state index in [1.54, 1.807) is 13.0 Å². The number of carbonyl (C=O) groups is 1. The number of furan rings is 1. The standard InChI is InChI=1S/C10H15NO3/c1-3-4-11-6-8-5-9(10(12)13)14-7(8)2/h5,11H,3-4,6H2,1-2H3,(H,12,13). The first kappa shape index (κ1) is 10.8. The average molecular weight is 197 g/mol. The van der Waals surface area contributed by atoms with Crippen molar-refractivity contribution in [2.24, 2.45) is 0 Å². The lowest BCUT2D eigenvalue weighted by Gasteiger charge is -1.99. The van der Waals surface area contributed by atoms with E-state index in [9.17, 15) is 4.79 Å². The second-order valence-electron chi connectivity index (χ2n) is 3.17. The normalized spacial score (nSPS) is 10.4. The molecule has 4 heteroatoms. The molecule has 0 atom stereocenters. The summed E-state index contributed by atoms with van der Waals surface area (Å²) in [5, 5.41) is 11.9. The first-order valence-corrected chi connectivity index (χ1v) is 4.68. The molecule has 1 aromatic rings. The molecule has 4 nitrogen and oxygen atoms in total. The van der Waals surface area contributed by atoms with Crippen molar-refractivity contribution in [2.75, 3.05) is 6.54 Å². The summed E-state index contributed by atoms with van der Waals surface area (Å²) < 4.78 is 5.07. The SMILES string of the molecule is CCCNCc1cc(C(=O)O)oc1C. The zero-order valence-corrected chi connectivity index (χ0v) is 8.46. The maximum atomic E-state index is 10.6. The van der Waals surface area contributed by atoms with Gasteiger partial charge in [0.25, 0.3) is 0 Å². The molecule has 1 aromatic heterocycles. The van der Waals surface area contributed by atoms with Crippen LogP contribution in [0.4, 0.5) is 0 Å². The van der Waals surface area contributed by atoms with Crippen molar-refractivity contribution in [3.05, 3.63) is 23.2 Å². The number of carboxylic acids is 1. The van der Waals surface area contributed by atoms with Crippen molar-refractivity contribution < 1.29 is 14.3 Å². The van der Waals surface area contributed by atoms with Crippen molar-refractivity contribution in [3.8, 4) is 0 Å². The van der Waals surface area contributed by atoms with Gasteiger partial charge in [-0.05, 0) is 26.0 Å². The zero-order valence-electron chi connectivity index (χ0n) is 8.46. The Morgan fingerprint density at radius 1 is 1.64 bits per heavy atom. The third kappa shape index (κ3) is 2.60. The van der Waals surface area contributed by atoms with E-state index in [0.29, 0.717) is 12.3 Å². The summed E-state index contributed by atoms with van der Waals surface area (Å²) in [5.74, 6) is -0.336. The van der Waals surface area contributed by atoms with Crippen LogP contribution in [0.25, 0.3) is 0 Å². The smallest absolute Gasteiger partial charge is 0.371 e. The molecule has 14 heavy (non-hydrogen) atoms. The molecule has 0 fully saturated rings. The molecule has 0 amide bonds. The number of hydrogen-bond donors (Lipinski definition) is 2. The van der Waals surface area contributed by atoms with E-state index in [4.69, 9.17) is 9.52 Å². The van der Waals surface area contributed by atoms with Crippen LogP contribution < -0.4 is 5.32 Å². The molecule has 0 saturated heterocycles. The Bertz CT molecular complexity index is 317. The van der Waals surface area contributed by atoms with Gasteiger partial charge >= 0.3 is 5.97 Å².